The average molecular weight is 267 g/mol. The van der Waals surface area contributed by atoms with Crippen LogP contribution in [0.25, 0.3) is 0 Å². The minimum Gasteiger partial charge on any atom is -0.319 e. The van der Waals surface area contributed by atoms with Crippen molar-refractivity contribution in [3.8, 4) is 0 Å². The lowest BCUT2D eigenvalue weighted by Crippen LogP contribution is -2.37. The van der Waals surface area contributed by atoms with Crippen LogP contribution in [0.1, 0.15) is 5.56 Å². The first-order valence-corrected chi connectivity index (χ1v) is 6.60. The van der Waals surface area contributed by atoms with E-state index in [2.05, 4.69) is 10.6 Å². The van der Waals surface area contributed by atoms with E-state index in [-0.39, 0.29) is 23.3 Å². The molecule has 6 nitrogen and oxygen atoms in total. The lowest BCUT2D eigenvalue weighted by atomic mass is 10.2. The number of nitro benzene ring substituents is 1. The molecule has 18 heavy (non-hydrogen) atoms. The van der Waals surface area contributed by atoms with Gasteiger partial charge in [0.25, 0.3) is 5.69 Å². The van der Waals surface area contributed by atoms with Gasteiger partial charge in [-0.1, -0.05) is 6.07 Å². The van der Waals surface area contributed by atoms with Crippen molar-refractivity contribution in [2.24, 2.45) is 0 Å². The molecule has 1 heterocycles. The predicted octanol–water partition coefficient (Wildman–Crippen LogP) is 1.50. The fraction of sp³-hybridized carbons (Fsp3) is 0.364. The van der Waals surface area contributed by atoms with Gasteiger partial charge in [0.1, 0.15) is 5.69 Å². The Kier molecular flexibility index (Phi) is 3.83. The van der Waals surface area contributed by atoms with E-state index in [1.807, 2.05) is 0 Å². The highest BCUT2D eigenvalue weighted by molar-refractivity contribution is 7.99. The Morgan fingerprint density at radius 1 is 1.61 bits per heavy atom. The predicted molar refractivity (Wildman–Crippen MR) is 70.7 cm³/mol. The third-order valence-electron chi connectivity index (χ3n) is 2.64. The number of nitrogens with zero attached hydrogens (tertiary/aromatic N) is 1. The highest BCUT2D eigenvalue weighted by Gasteiger charge is 2.24. The number of benzene rings is 1. The SMILES string of the molecule is Cc1ccc(NC(=O)C2CSCN2)c([N+](=O)[O-])c1. The minimum atomic E-state index is -0.487. The number of carbonyl (C=O) groups is 1. The van der Waals surface area contributed by atoms with E-state index >= 15 is 0 Å². The molecule has 2 rings (SSSR count). The molecule has 1 aliphatic heterocycles. The summed E-state index contributed by atoms with van der Waals surface area (Å²) in [4.78, 5) is 22.3. The summed E-state index contributed by atoms with van der Waals surface area (Å²) in [6, 6.07) is 4.47. The zero-order valence-corrected chi connectivity index (χ0v) is 10.6. The molecule has 2 N–H and O–H groups in total. The molecule has 0 bridgehead atoms. The summed E-state index contributed by atoms with van der Waals surface area (Å²) in [5.41, 5.74) is 0.956. The van der Waals surface area contributed by atoms with Crippen molar-refractivity contribution in [1.29, 1.82) is 0 Å². The Bertz CT molecular complexity index is 486. The summed E-state index contributed by atoms with van der Waals surface area (Å²) in [7, 11) is 0. The number of anilines is 1. The van der Waals surface area contributed by atoms with Gasteiger partial charge in [0.05, 0.1) is 11.0 Å². The maximum atomic E-state index is 11.9. The van der Waals surface area contributed by atoms with Crippen LogP contribution in [0.15, 0.2) is 18.2 Å². The topological polar surface area (TPSA) is 84.3 Å². The molecule has 1 aromatic rings. The molecule has 1 aromatic carbocycles. The lowest BCUT2D eigenvalue weighted by Gasteiger charge is -2.10. The summed E-state index contributed by atoms with van der Waals surface area (Å²) in [5.74, 6) is 1.19. The van der Waals surface area contributed by atoms with Gasteiger partial charge in [0, 0.05) is 17.7 Å². The molecule has 1 saturated heterocycles. The third-order valence-corrected chi connectivity index (χ3v) is 3.58. The van der Waals surface area contributed by atoms with Crippen LogP contribution < -0.4 is 10.6 Å². The summed E-state index contributed by atoms with van der Waals surface area (Å²) in [6.45, 7) is 1.77. The van der Waals surface area contributed by atoms with Crippen molar-refractivity contribution in [2.75, 3.05) is 16.9 Å². The van der Waals surface area contributed by atoms with E-state index in [1.165, 1.54) is 6.07 Å². The standard InChI is InChI=1S/C11H13N3O3S/c1-7-2-3-8(10(4-7)14(16)17)13-11(15)9-5-18-6-12-9/h2-4,9,12H,5-6H2,1H3,(H,13,15). The van der Waals surface area contributed by atoms with Crippen LogP contribution in [0, 0.1) is 17.0 Å². The Labute approximate surface area is 108 Å². The van der Waals surface area contributed by atoms with Crippen molar-refractivity contribution in [2.45, 2.75) is 13.0 Å². The van der Waals surface area contributed by atoms with Crippen molar-refractivity contribution in [1.82, 2.24) is 5.32 Å². The van der Waals surface area contributed by atoms with Gasteiger partial charge in [0.15, 0.2) is 0 Å². The van der Waals surface area contributed by atoms with Gasteiger partial charge >= 0.3 is 0 Å². The fourth-order valence-corrected chi connectivity index (χ4v) is 2.62. The number of aryl methyl sites for hydroxylation is 1. The second-order valence-corrected chi connectivity index (χ2v) is 5.07. The highest BCUT2D eigenvalue weighted by Crippen LogP contribution is 2.25. The molecule has 0 aromatic heterocycles. The van der Waals surface area contributed by atoms with Gasteiger partial charge in [-0.15, -0.1) is 11.8 Å². The molecule has 96 valence electrons. The van der Waals surface area contributed by atoms with Gasteiger partial charge in [-0.05, 0) is 18.6 Å². The summed E-state index contributed by atoms with van der Waals surface area (Å²) < 4.78 is 0. The van der Waals surface area contributed by atoms with Gasteiger partial charge < -0.3 is 5.32 Å². The zero-order valence-electron chi connectivity index (χ0n) is 9.80. The number of rotatable bonds is 3. The summed E-state index contributed by atoms with van der Waals surface area (Å²) >= 11 is 1.63. The monoisotopic (exact) mass is 267 g/mol. The van der Waals surface area contributed by atoms with Gasteiger partial charge in [-0.2, -0.15) is 0 Å². The normalized spacial score (nSPS) is 18.6. The molecule has 0 aliphatic carbocycles. The number of amides is 1. The first-order valence-electron chi connectivity index (χ1n) is 5.45. The van der Waals surface area contributed by atoms with Crippen LogP contribution in [0.4, 0.5) is 11.4 Å². The molecular weight excluding hydrogens is 254 g/mol. The second-order valence-electron chi connectivity index (χ2n) is 4.04. The Morgan fingerprint density at radius 3 is 3.00 bits per heavy atom. The molecule has 0 spiro atoms. The molecule has 1 aliphatic rings. The van der Waals surface area contributed by atoms with E-state index in [4.69, 9.17) is 0 Å². The van der Waals surface area contributed by atoms with Crippen LogP contribution in [0.2, 0.25) is 0 Å². The van der Waals surface area contributed by atoms with E-state index in [9.17, 15) is 14.9 Å². The van der Waals surface area contributed by atoms with Crippen LogP contribution in [-0.4, -0.2) is 28.5 Å². The van der Waals surface area contributed by atoms with Crippen molar-refractivity contribution in [3.05, 3.63) is 33.9 Å². The van der Waals surface area contributed by atoms with Crippen LogP contribution in [-0.2, 0) is 4.79 Å². The zero-order chi connectivity index (χ0) is 13.1. The molecular formula is C11H13N3O3S. The smallest absolute Gasteiger partial charge is 0.293 e. The highest BCUT2D eigenvalue weighted by atomic mass is 32.2. The van der Waals surface area contributed by atoms with Crippen LogP contribution in [0.3, 0.4) is 0 Å². The number of hydrogen-bond donors (Lipinski definition) is 2. The maximum absolute atomic E-state index is 11.9. The van der Waals surface area contributed by atoms with Gasteiger partial charge in [0.2, 0.25) is 5.91 Å². The number of nitro groups is 1. The first-order chi connectivity index (χ1) is 8.58. The molecule has 1 atom stereocenters. The molecule has 7 heteroatoms. The Hall–Kier alpha value is -1.60. The van der Waals surface area contributed by atoms with Crippen LogP contribution in [0.5, 0.6) is 0 Å². The van der Waals surface area contributed by atoms with Crippen molar-refractivity contribution >= 4 is 29.0 Å². The van der Waals surface area contributed by atoms with Crippen molar-refractivity contribution < 1.29 is 9.72 Å². The summed E-state index contributed by atoms with van der Waals surface area (Å²) in [5, 5.41) is 16.5. The molecule has 0 radical (unpaired) electrons. The second kappa shape index (κ2) is 5.36. The lowest BCUT2D eigenvalue weighted by molar-refractivity contribution is -0.384. The quantitative estimate of drug-likeness (QED) is 0.640. The molecule has 1 unspecified atom stereocenters. The third kappa shape index (κ3) is 2.80. The Morgan fingerprint density at radius 2 is 2.39 bits per heavy atom. The minimum absolute atomic E-state index is 0.0750. The molecule has 1 fully saturated rings. The first kappa shape index (κ1) is 12.8. The summed E-state index contributed by atoms with van der Waals surface area (Å²) in [6.07, 6.45) is 0. The molecule has 0 saturated carbocycles. The number of carbonyl (C=O) groups excluding carboxylic acids is 1. The largest absolute Gasteiger partial charge is 0.319 e. The van der Waals surface area contributed by atoms with Gasteiger partial charge in [-0.3, -0.25) is 20.2 Å². The number of thioether (sulfide) groups is 1. The van der Waals surface area contributed by atoms with E-state index < -0.39 is 4.92 Å². The fourth-order valence-electron chi connectivity index (χ4n) is 1.68. The Balaban J connectivity index is 2.17. The number of nitrogens with one attached hydrogen (secondary N) is 2. The average Bonchev–Trinajstić information content (AvgIpc) is 2.84. The van der Waals surface area contributed by atoms with Crippen LogP contribution >= 0.6 is 11.8 Å². The van der Waals surface area contributed by atoms with E-state index in [0.717, 1.165) is 11.4 Å². The van der Waals surface area contributed by atoms with E-state index in [0.29, 0.717) is 5.75 Å². The van der Waals surface area contributed by atoms with E-state index in [1.54, 1.807) is 30.8 Å². The van der Waals surface area contributed by atoms with Crippen molar-refractivity contribution in [3.63, 3.8) is 0 Å². The number of hydrogen-bond acceptors (Lipinski definition) is 5. The molecule has 1 amide bonds. The van der Waals surface area contributed by atoms with Gasteiger partial charge in [-0.25, -0.2) is 0 Å². The maximum Gasteiger partial charge on any atom is 0.293 e.